The summed E-state index contributed by atoms with van der Waals surface area (Å²) in [6.45, 7) is 0.853. The molecule has 6 heteroatoms. The van der Waals surface area contributed by atoms with E-state index in [1.54, 1.807) is 4.90 Å². The summed E-state index contributed by atoms with van der Waals surface area (Å²) >= 11 is 0. The van der Waals surface area contributed by atoms with Gasteiger partial charge in [0.25, 0.3) is 0 Å². The van der Waals surface area contributed by atoms with Crippen LogP contribution < -0.4 is 5.73 Å². The first-order valence-corrected chi connectivity index (χ1v) is 6.81. The molecule has 6 nitrogen and oxygen atoms in total. The van der Waals surface area contributed by atoms with Crippen LogP contribution in [0.3, 0.4) is 0 Å². The second-order valence-corrected chi connectivity index (χ2v) is 5.51. The van der Waals surface area contributed by atoms with Crippen LogP contribution in [-0.2, 0) is 14.4 Å². The number of hydrogen-bond donors (Lipinski definition) is 2. The lowest BCUT2D eigenvalue weighted by molar-refractivity contribution is -0.152. The Morgan fingerprint density at radius 2 is 1.68 bits per heavy atom. The highest BCUT2D eigenvalue weighted by Crippen LogP contribution is 2.33. The number of nitrogens with zero attached hydrogens (tertiary/aromatic N) is 1. The normalized spacial score (nSPS) is 31.2. The van der Waals surface area contributed by atoms with Gasteiger partial charge in [-0.15, -0.1) is 0 Å². The van der Waals surface area contributed by atoms with Crippen LogP contribution in [0.15, 0.2) is 0 Å². The van der Waals surface area contributed by atoms with Gasteiger partial charge in [0.05, 0.1) is 17.8 Å². The van der Waals surface area contributed by atoms with Crippen molar-refractivity contribution in [1.29, 1.82) is 0 Å². The van der Waals surface area contributed by atoms with Gasteiger partial charge >= 0.3 is 5.97 Å². The van der Waals surface area contributed by atoms with Crippen molar-refractivity contribution in [2.75, 3.05) is 13.1 Å². The van der Waals surface area contributed by atoms with Gasteiger partial charge in [-0.05, 0) is 19.3 Å². The summed E-state index contributed by atoms with van der Waals surface area (Å²) < 4.78 is 0. The van der Waals surface area contributed by atoms with Crippen molar-refractivity contribution in [2.45, 2.75) is 32.1 Å². The lowest BCUT2D eigenvalue weighted by atomic mass is 9.78. The lowest BCUT2D eigenvalue weighted by Crippen LogP contribution is -2.42. The van der Waals surface area contributed by atoms with Gasteiger partial charge in [-0.1, -0.05) is 12.8 Å². The van der Waals surface area contributed by atoms with Crippen LogP contribution in [0.2, 0.25) is 0 Å². The second-order valence-electron chi connectivity index (χ2n) is 5.51. The number of carbonyl (C=O) groups is 3. The summed E-state index contributed by atoms with van der Waals surface area (Å²) in [4.78, 5) is 36.3. The minimum absolute atomic E-state index is 0.115. The van der Waals surface area contributed by atoms with Crippen molar-refractivity contribution < 1.29 is 19.5 Å². The van der Waals surface area contributed by atoms with Crippen LogP contribution >= 0.6 is 0 Å². The molecule has 3 unspecified atom stereocenters. The maximum atomic E-state index is 12.4. The average molecular weight is 268 g/mol. The smallest absolute Gasteiger partial charge is 0.307 e. The summed E-state index contributed by atoms with van der Waals surface area (Å²) in [7, 11) is 0. The Kier molecular flexibility index (Phi) is 4.07. The van der Waals surface area contributed by atoms with Gasteiger partial charge in [0.2, 0.25) is 11.8 Å². The summed E-state index contributed by atoms with van der Waals surface area (Å²) in [6, 6.07) is 0. The summed E-state index contributed by atoms with van der Waals surface area (Å²) in [6.07, 6.45) is 3.55. The van der Waals surface area contributed by atoms with Gasteiger partial charge in [-0.25, -0.2) is 0 Å². The molecule has 0 bridgehead atoms. The zero-order chi connectivity index (χ0) is 14.0. The first-order chi connectivity index (χ1) is 9.00. The van der Waals surface area contributed by atoms with Gasteiger partial charge in [0, 0.05) is 13.1 Å². The van der Waals surface area contributed by atoms with Crippen LogP contribution in [0.1, 0.15) is 32.1 Å². The highest BCUT2D eigenvalue weighted by Gasteiger charge is 2.40. The predicted octanol–water partition coefficient (Wildman–Crippen LogP) is 0.211. The van der Waals surface area contributed by atoms with Crippen molar-refractivity contribution in [1.82, 2.24) is 4.90 Å². The third-order valence-corrected chi connectivity index (χ3v) is 4.30. The Morgan fingerprint density at radius 3 is 2.21 bits per heavy atom. The SMILES string of the molecule is NC(=O)C1CCN(C(=O)C2CCCCC2C(=O)O)C1. The van der Waals surface area contributed by atoms with E-state index in [1.807, 2.05) is 0 Å². The molecule has 1 saturated heterocycles. The van der Waals surface area contributed by atoms with Crippen LogP contribution in [0.5, 0.6) is 0 Å². The van der Waals surface area contributed by atoms with Gasteiger partial charge < -0.3 is 15.7 Å². The molecule has 3 N–H and O–H groups in total. The molecule has 0 spiro atoms. The summed E-state index contributed by atoms with van der Waals surface area (Å²) in [5.41, 5.74) is 5.24. The number of likely N-dealkylation sites (tertiary alicyclic amines) is 1. The Labute approximate surface area is 111 Å². The Bertz CT molecular complexity index is 396. The van der Waals surface area contributed by atoms with Gasteiger partial charge in [-0.2, -0.15) is 0 Å². The molecule has 2 rings (SSSR count). The van der Waals surface area contributed by atoms with E-state index >= 15 is 0 Å². The molecule has 19 heavy (non-hydrogen) atoms. The van der Waals surface area contributed by atoms with E-state index in [-0.39, 0.29) is 17.7 Å². The summed E-state index contributed by atoms with van der Waals surface area (Å²) in [5, 5.41) is 9.20. The van der Waals surface area contributed by atoms with E-state index in [0.717, 1.165) is 12.8 Å². The minimum atomic E-state index is -0.885. The van der Waals surface area contributed by atoms with E-state index in [2.05, 4.69) is 0 Å². The zero-order valence-corrected chi connectivity index (χ0v) is 10.9. The van der Waals surface area contributed by atoms with Crippen LogP contribution in [0.4, 0.5) is 0 Å². The van der Waals surface area contributed by atoms with Gasteiger partial charge in [0.1, 0.15) is 0 Å². The number of carbonyl (C=O) groups excluding carboxylic acids is 2. The van der Waals surface area contributed by atoms with Crippen molar-refractivity contribution in [2.24, 2.45) is 23.5 Å². The molecule has 1 aliphatic carbocycles. The predicted molar refractivity (Wildman–Crippen MR) is 67.0 cm³/mol. The van der Waals surface area contributed by atoms with Crippen LogP contribution in [-0.4, -0.2) is 40.9 Å². The van der Waals surface area contributed by atoms with Crippen molar-refractivity contribution in [3.63, 3.8) is 0 Å². The fraction of sp³-hybridized carbons (Fsp3) is 0.769. The van der Waals surface area contributed by atoms with Gasteiger partial charge in [-0.3, -0.25) is 14.4 Å². The van der Waals surface area contributed by atoms with E-state index in [1.165, 1.54) is 0 Å². The highest BCUT2D eigenvalue weighted by atomic mass is 16.4. The lowest BCUT2D eigenvalue weighted by Gasteiger charge is -2.30. The Balaban J connectivity index is 2.02. The molecular formula is C13H20N2O4. The van der Waals surface area contributed by atoms with Crippen molar-refractivity contribution in [3.05, 3.63) is 0 Å². The molecule has 2 aliphatic rings. The Hall–Kier alpha value is -1.59. The third-order valence-electron chi connectivity index (χ3n) is 4.30. The standard InChI is InChI=1S/C13H20N2O4/c14-11(16)8-5-6-15(7-8)12(17)9-3-1-2-4-10(9)13(18)19/h8-10H,1-7H2,(H2,14,16)(H,18,19). The van der Waals surface area contributed by atoms with E-state index in [0.29, 0.717) is 32.4 Å². The molecule has 2 amide bonds. The number of carboxylic acid groups (broad SMARTS) is 1. The average Bonchev–Trinajstić information content (AvgIpc) is 2.87. The first kappa shape index (κ1) is 13.8. The van der Waals surface area contributed by atoms with Crippen LogP contribution in [0, 0.1) is 17.8 Å². The number of rotatable bonds is 3. The topological polar surface area (TPSA) is 101 Å². The molecule has 0 aromatic rings. The van der Waals surface area contributed by atoms with E-state index < -0.39 is 17.8 Å². The molecular weight excluding hydrogens is 248 g/mol. The monoisotopic (exact) mass is 268 g/mol. The largest absolute Gasteiger partial charge is 0.481 e. The van der Waals surface area contributed by atoms with E-state index in [4.69, 9.17) is 5.73 Å². The number of carboxylic acids is 1. The van der Waals surface area contributed by atoms with Crippen molar-refractivity contribution >= 4 is 17.8 Å². The number of amides is 2. The maximum absolute atomic E-state index is 12.4. The zero-order valence-electron chi connectivity index (χ0n) is 10.9. The molecule has 1 saturated carbocycles. The summed E-state index contributed by atoms with van der Waals surface area (Å²) in [5.74, 6) is -2.67. The maximum Gasteiger partial charge on any atom is 0.307 e. The van der Waals surface area contributed by atoms with Crippen LogP contribution in [0.25, 0.3) is 0 Å². The Morgan fingerprint density at radius 1 is 1.05 bits per heavy atom. The number of hydrogen-bond acceptors (Lipinski definition) is 3. The van der Waals surface area contributed by atoms with Crippen molar-refractivity contribution in [3.8, 4) is 0 Å². The third kappa shape index (κ3) is 2.88. The van der Waals surface area contributed by atoms with Gasteiger partial charge in [0.15, 0.2) is 0 Å². The quantitative estimate of drug-likeness (QED) is 0.764. The van der Waals surface area contributed by atoms with E-state index in [9.17, 15) is 19.5 Å². The molecule has 2 fully saturated rings. The second kappa shape index (κ2) is 5.59. The fourth-order valence-corrected chi connectivity index (χ4v) is 3.15. The molecule has 1 aliphatic heterocycles. The highest BCUT2D eigenvalue weighted by molar-refractivity contribution is 5.86. The number of primary amides is 1. The molecule has 0 aromatic heterocycles. The molecule has 0 aromatic carbocycles. The first-order valence-electron chi connectivity index (χ1n) is 6.81. The molecule has 3 atom stereocenters. The number of aliphatic carboxylic acids is 1. The fourth-order valence-electron chi connectivity index (χ4n) is 3.15. The molecule has 0 radical (unpaired) electrons. The molecule has 1 heterocycles. The number of nitrogens with two attached hydrogens (primary N) is 1. The molecule has 106 valence electrons. The minimum Gasteiger partial charge on any atom is -0.481 e.